The lowest BCUT2D eigenvalue weighted by molar-refractivity contribution is -0.140. The molecule has 6 nitrogen and oxygen atoms in total. The molecule has 1 unspecified atom stereocenters. The summed E-state index contributed by atoms with van der Waals surface area (Å²) in [5.74, 6) is -0.874. The maximum atomic E-state index is 13.1. The first-order valence-corrected chi connectivity index (χ1v) is 10.3. The van der Waals surface area contributed by atoms with Gasteiger partial charge in [-0.3, -0.25) is 14.6 Å². The second-order valence-electron chi connectivity index (χ2n) is 7.89. The Morgan fingerprint density at radius 1 is 1.09 bits per heavy atom. The van der Waals surface area contributed by atoms with E-state index in [1.807, 2.05) is 44.2 Å². The van der Waals surface area contributed by atoms with Gasteiger partial charge >= 0.3 is 0 Å². The number of rotatable bonds is 5. The number of hydrogen-bond donors (Lipinski definition) is 1. The smallest absolute Gasteiger partial charge is 0.295 e. The van der Waals surface area contributed by atoms with Crippen LogP contribution >= 0.6 is 0 Å². The van der Waals surface area contributed by atoms with Gasteiger partial charge in [0.1, 0.15) is 11.5 Å². The van der Waals surface area contributed by atoms with Gasteiger partial charge in [0.15, 0.2) is 0 Å². The number of carbonyl (C=O) groups excluding carboxylic acids is 2. The Morgan fingerprint density at radius 3 is 2.56 bits per heavy atom. The first-order valence-electron chi connectivity index (χ1n) is 10.3. The molecule has 0 radical (unpaired) electrons. The average molecular weight is 428 g/mol. The molecule has 32 heavy (non-hydrogen) atoms. The Kier molecular flexibility index (Phi) is 5.77. The summed E-state index contributed by atoms with van der Waals surface area (Å²) >= 11 is 0. The van der Waals surface area contributed by atoms with Crippen LogP contribution in [0.5, 0.6) is 5.75 Å². The Labute approximate surface area is 186 Å². The van der Waals surface area contributed by atoms with Crippen LogP contribution in [0.2, 0.25) is 0 Å². The van der Waals surface area contributed by atoms with Crippen LogP contribution in [-0.2, 0) is 16.1 Å². The second kappa shape index (κ2) is 8.67. The molecule has 1 N–H and O–H groups in total. The second-order valence-corrected chi connectivity index (χ2v) is 7.89. The van der Waals surface area contributed by atoms with E-state index in [9.17, 15) is 14.7 Å². The number of likely N-dealkylation sites (tertiary alicyclic amines) is 1. The number of amides is 1. The first-order chi connectivity index (χ1) is 15.4. The summed E-state index contributed by atoms with van der Waals surface area (Å²) in [5, 5.41) is 11.2. The maximum absolute atomic E-state index is 13.1. The first kappa shape index (κ1) is 21.3. The number of pyridine rings is 1. The molecule has 1 amide bonds. The van der Waals surface area contributed by atoms with E-state index >= 15 is 0 Å². The Balaban J connectivity index is 1.87. The lowest BCUT2D eigenvalue weighted by Gasteiger charge is -2.25. The number of benzene rings is 2. The lowest BCUT2D eigenvalue weighted by Crippen LogP contribution is -2.29. The van der Waals surface area contributed by atoms with Crippen molar-refractivity contribution in [1.29, 1.82) is 0 Å². The summed E-state index contributed by atoms with van der Waals surface area (Å²) in [7, 11) is 1.57. The molecule has 0 saturated carbocycles. The molecule has 1 aliphatic heterocycles. The number of aliphatic hydroxyl groups excluding tert-OH is 1. The van der Waals surface area contributed by atoms with Crippen molar-refractivity contribution in [3.8, 4) is 5.75 Å². The maximum Gasteiger partial charge on any atom is 0.295 e. The lowest BCUT2D eigenvalue weighted by atomic mass is 9.94. The van der Waals surface area contributed by atoms with Gasteiger partial charge in [-0.1, -0.05) is 35.9 Å². The third-order valence-electron chi connectivity index (χ3n) is 5.64. The number of aromatic nitrogens is 1. The van der Waals surface area contributed by atoms with Gasteiger partial charge in [0.25, 0.3) is 11.7 Å². The largest absolute Gasteiger partial charge is 0.507 e. The van der Waals surface area contributed by atoms with Crippen LogP contribution in [0.25, 0.3) is 5.76 Å². The third-order valence-corrected chi connectivity index (χ3v) is 5.64. The van der Waals surface area contributed by atoms with E-state index in [-0.39, 0.29) is 17.9 Å². The Hall–Kier alpha value is -3.93. The van der Waals surface area contributed by atoms with Gasteiger partial charge in [-0.15, -0.1) is 0 Å². The molecule has 4 rings (SSSR count). The highest BCUT2D eigenvalue weighted by atomic mass is 16.5. The molecule has 1 aromatic heterocycles. The Bertz CT molecular complexity index is 1220. The summed E-state index contributed by atoms with van der Waals surface area (Å²) in [4.78, 5) is 31.8. The van der Waals surface area contributed by atoms with Crippen molar-refractivity contribution >= 4 is 17.4 Å². The monoisotopic (exact) mass is 428 g/mol. The SMILES string of the molecule is COc1ccc(/C(O)=C2/C(=O)C(=O)N(Cc3cccnc3)C2c2cccc(C)c2)cc1C. The number of methoxy groups -OCH3 is 1. The van der Waals surface area contributed by atoms with E-state index in [0.717, 1.165) is 22.3 Å². The summed E-state index contributed by atoms with van der Waals surface area (Å²) in [6.45, 7) is 4.01. The van der Waals surface area contributed by atoms with Gasteiger partial charge in [0.05, 0.1) is 18.7 Å². The van der Waals surface area contributed by atoms with Gasteiger partial charge in [-0.25, -0.2) is 0 Å². The minimum Gasteiger partial charge on any atom is -0.507 e. The molecule has 3 aromatic rings. The molecule has 2 aromatic carbocycles. The standard InChI is InChI=1S/C26H24N2O4/c1-16-6-4-8-19(12-16)23-22(24(29)20-9-10-21(32-3)17(2)13-20)25(30)26(31)28(23)15-18-7-5-11-27-14-18/h4-14,23,29H,15H2,1-3H3/b24-22-. The zero-order valence-electron chi connectivity index (χ0n) is 18.2. The predicted molar refractivity (Wildman–Crippen MR) is 121 cm³/mol. The molecular weight excluding hydrogens is 404 g/mol. The molecular formula is C26H24N2O4. The highest BCUT2D eigenvalue weighted by Crippen LogP contribution is 2.40. The van der Waals surface area contributed by atoms with Crippen LogP contribution in [-0.4, -0.2) is 33.8 Å². The number of hydrogen-bond acceptors (Lipinski definition) is 5. The zero-order valence-corrected chi connectivity index (χ0v) is 18.2. The molecule has 6 heteroatoms. The molecule has 1 atom stereocenters. The van der Waals surface area contributed by atoms with E-state index in [4.69, 9.17) is 4.74 Å². The highest BCUT2D eigenvalue weighted by Gasteiger charge is 2.46. The fourth-order valence-corrected chi connectivity index (χ4v) is 4.10. The molecule has 1 fully saturated rings. The zero-order chi connectivity index (χ0) is 22.8. The van der Waals surface area contributed by atoms with E-state index in [1.54, 1.807) is 43.8 Å². The van der Waals surface area contributed by atoms with Crippen LogP contribution < -0.4 is 4.74 Å². The van der Waals surface area contributed by atoms with Gasteiger partial charge in [0.2, 0.25) is 0 Å². The fourth-order valence-electron chi connectivity index (χ4n) is 4.10. The van der Waals surface area contributed by atoms with E-state index in [0.29, 0.717) is 11.3 Å². The topological polar surface area (TPSA) is 79.7 Å². The molecule has 162 valence electrons. The van der Waals surface area contributed by atoms with Gasteiger partial charge in [0, 0.05) is 24.5 Å². The van der Waals surface area contributed by atoms with Crippen molar-refractivity contribution in [3.05, 3.63) is 100 Å². The van der Waals surface area contributed by atoms with E-state index in [1.165, 1.54) is 4.90 Å². The van der Waals surface area contributed by atoms with Crippen molar-refractivity contribution in [1.82, 2.24) is 9.88 Å². The fraction of sp³-hybridized carbons (Fsp3) is 0.192. The number of Topliss-reactive ketones (excluding diaryl/α,β-unsaturated/α-hetero) is 1. The van der Waals surface area contributed by atoms with Gasteiger partial charge in [-0.05, 0) is 54.8 Å². The van der Waals surface area contributed by atoms with Crippen LogP contribution in [0.3, 0.4) is 0 Å². The minimum absolute atomic E-state index is 0.0778. The van der Waals surface area contributed by atoms with Crippen LogP contribution in [0.1, 0.15) is 33.9 Å². The molecule has 0 aliphatic carbocycles. The number of ether oxygens (including phenoxy) is 1. The molecule has 1 aliphatic rings. The minimum atomic E-state index is -0.711. The summed E-state index contributed by atoms with van der Waals surface area (Å²) in [5.41, 5.74) is 3.91. The number of carbonyl (C=O) groups is 2. The van der Waals surface area contributed by atoms with Crippen molar-refractivity contribution in [2.75, 3.05) is 7.11 Å². The summed E-state index contributed by atoms with van der Waals surface area (Å²) in [6.07, 6.45) is 3.32. The molecule has 0 spiro atoms. The average Bonchev–Trinajstić information content (AvgIpc) is 3.04. The molecule has 0 bridgehead atoms. The third kappa shape index (κ3) is 3.87. The number of ketones is 1. The number of aryl methyl sites for hydroxylation is 2. The molecule has 1 saturated heterocycles. The van der Waals surface area contributed by atoms with Crippen LogP contribution in [0.4, 0.5) is 0 Å². The van der Waals surface area contributed by atoms with Crippen molar-refractivity contribution < 1.29 is 19.4 Å². The predicted octanol–water partition coefficient (Wildman–Crippen LogP) is 4.33. The normalized spacial score (nSPS) is 17.6. The molecule has 2 heterocycles. The van der Waals surface area contributed by atoms with E-state index < -0.39 is 17.7 Å². The van der Waals surface area contributed by atoms with Gasteiger partial charge in [-0.2, -0.15) is 0 Å². The number of aliphatic hydroxyl groups is 1. The Morgan fingerprint density at radius 2 is 1.91 bits per heavy atom. The number of nitrogens with zero attached hydrogens (tertiary/aromatic N) is 2. The van der Waals surface area contributed by atoms with Crippen LogP contribution in [0.15, 0.2) is 72.6 Å². The highest BCUT2D eigenvalue weighted by molar-refractivity contribution is 6.46. The van der Waals surface area contributed by atoms with Crippen LogP contribution in [0, 0.1) is 13.8 Å². The van der Waals surface area contributed by atoms with E-state index in [2.05, 4.69) is 4.98 Å². The van der Waals surface area contributed by atoms with Gasteiger partial charge < -0.3 is 14.7 Å². The quantitative estimate of drug-likeness (QED) is 0.372. The summed E-state index contributed by atoms with van der Waals surface area (Å²) < 4.78 is 5.30. The van der Waals surface area contributed by atoms with Crippen molar-refractivity contribution in [3.63, 3.8) is 0 Å². The van der Waals surface area contributed by atoms with Crippen molar-refractivity contribution in [2.45, 2.75) is 26.4 Å². The summed E-state index contributed by atoms with van der Waals surface area (Å²) in [6, 6.07) is 15.7. The van der Waals surface area contributed by atoms with Crippen molar-refractivity contribution in [2.24, 2.45) is 0 Å².